The van der Waals surface area contributed by atoms with E-state index in [0.29, 0.717) is 17.2 Å². The molecule has 9 heteroatoms. The molecule has 4 rings (SSSR count). The average Bonchev–Trinajstić information content (AvgIpc) is 3.18. The molecule has 2 N–H and O–H groups in total. The van der Waals surface area contributed by atoms with Crippen LogP contribution in [0.3, 0.4) is 0 Å². The summed E-state index contributed by atoms with van der Waals surface area (Å²) in [5.74, 6) is -0.596. The Labute approximate surface area is 206 Å². The molecule has 8 nitrogen and oxygen atoms in total. The van der Waals surface area contributed by atoms with Gasteiger partial charge in [0.05, 0.1) is 11.7 Å². The van der Waals surface area contributed by atoms with Crippen LogP contribution in [-0.2, 0) is 9.53 Å². The lowest BCUT2D eigenvalue weighted by molar-refractivity contribution is -0.113. The second-order valence-corrected chi connectivity index (χ2v) is 9.47. The molecule has 0 saturated heterocycles. The van der Waals surface area contributed by atoms with Crippen molar-refractivity contribution in [1.82, 2.24) is 14.8 Å². The van der Waals surface area contributed by atoms with Crippen LogP contribution in [0.15, 0.2) is 58.2 Å². The Hall–Kier alpha value is -3.46. The highest BCUT2D eigenvalue weighted by Crippen LogP contribution is 2.36. The summed E-state index contributed by atoms with van der Waals surface area (Å²) in [5.41, 5.74) is 4.72. The molecule has 34 heavy (non-hydrogen) atoms. The van der Waals surface area contributed by atoms with Gasteiger partial charge in [-0.25, -0.2) is 9.48 Å². The lowest BCUT2D eigenvalue weighted by atomic mass is 9.95. The molecule has 1 amide bonds. The van der Waals surface area contributed by atoms with Crippen molar-refractivity contribution in [3.05, 3.63) is 80.7 Å². The summed E-state index contributed by atoms with van der Waals surface area (Å²) < 4.78 is 7.69. The number of rotatable bonds is 5. The molecule has 3 aromatic rings. The van der Waals surface area contributed by atoms with Gasteiger partial charge in [-0.3, -0.25) is 4.79 Å². The number of hydrogen-bond donors (Lipinski definition) is 2. The van der Waals surface area contributed by atoms with Gasteiger partial charge in [0.15, 0.2) is 0 Å². The molecule has 1 atom stereocenters. The number of halogens is 1. The van der Waals surface area contributed by atoms with E-state index in [4.69, 9.17) is 4.74 Å². The highest BCUT2D eigenvalue weighted by atomic mass is 79.9. The second kappa shape index (κ2) is 9.42. The van der Waals surface area contributed by atoms with E-state index >= 15 is 0 Å². The number of amides is 1. The fourth-order valence-electron chi connectivity index (χ4n) is 3.93. The number of aromatic nitrogens is 3. The van der Waals surface area contributed by atoms with Gasteiger partial charge < -0.3 is 15.4 Å². The van der Waals surface area contributed by atoms with E-state index in [2.05, 4.69) is 36.6 Å². The summed E-state index contributed by atoms with van der Waals surface area (Å²) >= 11 is 3.51. The minimum atomic E-state index is -0.620. The first-order valence-electron chi connectivity index (χ1n) is 10.9. The number of nitrogens with zero attached hydrogens (tertiary/aromatic N) is 3. The summed E-state index contributed by atoms with van der Waals surface area (Å²) in [5, 5.41) is 10.6. The van der Waals surface area contributed by atoms with Crippen LogP contribution < -0.4 is 10.6 Å². The number of carbonyl (C=O) groups is 2. The van der Waals surface area contributed by atoms with Crippen molar-refractivity contribution in [3.8, 4) is 0 Å². The van der Waals surface area contributed by atoms with Crippen molar-refractivity contribution in [2.45, 2.75) is 46.8 Å². The van der Waals surface area contributed by atoms with Crippen molar-refractivity contribution < 1.29 is 14.3 Å². The number of carbonyl (C=O) groups excluding carboxylic acids is 2. The number of allylic oxidation sites excluding steroid dienone is 1. The van der Waals surface area contributed by atoms with Gasteiger partial charge in [-0.15, -0.1) is 5.10 Å². The zero-order chi connectivity index (χ0) is 24.6. The first-order chi connectivity index (χ1) is 16.1. The van der Waals surface area contributed by atoms with E-state index < -0.39 is 12.0 Å². The quantitative estimate of drug-likeness (QED) is 0.448. The fraction of sp³-hybridized carbons (Fsp3) is 0.280. The zero-order valence-corrected chi connectivity index (χ0v) is 21.2. The smallest absolute Gasteiger partial charge is 0.378 e. The van der Waals surface area contributed by atoms with Gasteiger partial charge in [0.1, 0.15) is 6.04 Å². The number of fused-ring (bicyclic) bond motifs is 1. The van der Waals surface area contributed by atoms with Crippen LogP contribution in [0.25, 0.3) is 0 Å². The van der Waals surface area contributed by atoms with E-state index in [1.54, 1.807) is 18.5 Å². The Morgan fingerprint density at radius 1 is 1.15 bits per heavy atom. The lowest BCUT2D eigenvalue weighted by Gasteiger charge is -2.29. The molecule has 2 heterocycles. The molecule has 0 fully saturated rings. The van der Waals surface area contributed by atoms with Gasteiger partial charge in [-0.1, -0.05) is 45.8 Å². The first kappa shape index (κ1) is 23.7. The van der Waals surface area contributed by atoms with Gasteiger partial charge in [0, 0.05) is 15.9 Å². The molecule has 176 valence electrons. The molecule has 1 aliphatic rings. The monoisotopic (exact) mass is 523 g/mol. The van der Waals surface area contributed by atoms with Gasteiger partial charge >= 0.3 is 5.97 Å². The van der Waals surface area contributed by atoms with Crippen LogP contribution in [0.5, 0.6) is 0 Å². The van der Waals surface area contributed by atoms with E-state index in [1.807, 2.05) is 63.2 Å². The number of ether oxygens (including phenoxy) is 1. The highest BCUT2D eigenvalue weighted by Gasteiger charge is 2.35. The maximum Gasteiger partial charge on any atom is 0.378 e. The topological polar surface area (TPSA) is 98.1 Å². The molecule has 0 aliphatic carbocycles. The van der Waals surface area contributed by atoms with Crippen molar-refractivity contribution in [3.63, 3.8) is 0 Å². The number of hydrogen-bond acceptors (Lipinski definition) is 6. The van der Waals surface area contributed by atoms with Crippen LogP contribution in [0.4, 0.5) is 11.6 Å². The third kappa shape index (κ3) is 4.75. The highest BCUT2D eigenvalue weighted by molar-refractivity contribution is 9.10. The van der Waals surface area contributed by atoms with E-state index in [1.165, 1.54) is 0 Å². The van der Waals surface area contributed by atoms with Crippen LogP contribution in [0.1, 0.15) is 54.1 Å². The Bertz CT molecular complexity index is 1310. The Balaban J connectivity index is 1.78. The number of esters is 1. The SMILES string of the molecule is CC1=C(C(=O)Nc2ccc(C)cc2C)[C@H](c2cccc(Br)c2)n2nc(C(=O)OC(C)C)nc2N1. The largest absolute Gasteiger partial charge is 0.457 e. The number of aryl methyl sites for hydroxylation is 2. The molecule has 1 aromatic heterocycles. The van der Waals surface area contributed by atoms with Crippen molar-refractivity contribution >= 4 is 39.4 Å². The van der Waals surface area contributed by atoms with Crippen molar-refractivity contribution in [2.24, 2.45) is 0 Å². The summed E-state index contributed by atoms with van der Waals surface area (Å²) in [6.07, 6.45) is -0.305. The fourth-order valence-corrected chi connectivity index (χ4v) is 4.34. The molecule has 0 unspecified atom stereocenters. The van der Waals surface area contributed by atoms with Crippen molar-refractivity contribution in [2.75, 3.05) is 10.6 Å². The van der Waals surface area contributed by atoms with Gasteiger partial charge in [0.2, 0.25) is 5.95 Å². The Kier molecular flexibility index (Phi) is 6.56. The molecule has 0 radical (unpaired) electrons. The van der Waals surface area contributed by atoms with E-state index in [0.717, 1.165) is 26.9 Å². The minimum absolute atomic E-state index is 0.0694. The van der Waals surface area contributed by atoms with Crippen LogP contribution in [0.2, 0.25) is 0 Å². The normalized spacial score (nSPS) is 15.1. The average molecular weight is 524 g/mol. The lowest BCUT2D eigenvalue weighted by Crippen LogP contribution is -2.31. The van der Waals surface area contributed by atoms with Gasteiger partial charge in [-0.2, -0.15) is 4.98 Å². The Morgan fingerprint density at radius 3 is 2.59 bits per heavy atom. The summed E-state index contributed by atoms with van der Waals surface area (Å²) in [6.45, 7) is 9.30. The van der Waals surface area contributed by atoms with Crippen LogP contribution >= 0.6 is 15.9 Å². The predicted molar refractivity (Wildman–Crippen MR) is 134 cm³/mol. The third-order valence-electron chi connectivity index (χ3n) is 5.42. The molecule has 2 aromatic carbocycles. The number of nitrogens with one attached hydrogen (secondary N) is 2. The van der Waals surface area contributed by atoms with Crippen LogP contribution in [-0.4, -0.2) is 32.7 Å². The predicted octanol–water partition coefficient (Wildman–Crippen LogP) is 5.15. The first-order valence-corrected chi connectivity index (χ1v) is 11.7. The van der Waals surface area contributed by atoms with Crippen molar-refractivity contribution in [1.29, 1.82) is 0 Å². The minimum Gasteiger partial charge on any atom is -0.457 e. The summed E-state index contributed by atoms with van der Waals surface area (Å²) in [7, 11) is 0. The second-order valence-electron chi connectivity index (χ2n) is 8.55. The summed E-state index contributed by atoms with van der Waals surface area (Å²) in [6, 6.07) is 12.9. The number of anilines is 2. The standard InChI is InChI=1S/C25H26BrN5O3/c1-13(2)34-24(33)22-29-25-27-16(5)20(23(32)28-19-10-9-14(3)11-15(19)4)21(31(25)30-22)17-7-6-8-18(26)12-17/h6-13,21H,1-5H3,(H,28,32)(H,27,29,30)/t21-/m0/s1. The molecule has 0 saturated carbocycles. The molecular weight excluding hydrogens is 498 g/mol. The zero-order valence-electron chi connectivity index (χ0n) is 19.6. The third-order valence-corrected chi connectivity index (χ3v) is 5.91. The molecular formula is C25H26BrN5O3. The van der Waals surface area contributed by atoms with E-state index in [9.17, 15) is 9.59 Å². The molecule has 0 spiro atoms. The molecule has 0 bridgehead atoms. The number of benzene rings is 2. The Morgan fingerprint density at radius 2 is 1.91 bits per heavy atom. The maximum atomic E-state index is 13.6. The van der Waals surface area contributed by atoms with Gasteiger partial charge in [0.25, 0.3) is 11.7 Å². The summed E-state index contributed by atoms with van der Waals surface area (Å²) in [4.78, 5) is 30.4. The maximum absolute atomic E-state index is 13.6. The van der Waals surface area contributed by atoms with Gasteiger partial charge in [-0.05, 0) is 63.9 Å². The van der Waals surface area contributed by atoms with Crippen LogP contribution in [0, 0.1) is 13.8 Å². The van der Waals surface area contributed by atoms with E-state index in [-0.39, 0.29) is 17.8 Å². The molecule has 1 aliphatic heterocycles.